The summed E-state index contributed by atoms with van der Waals surface area (Å²) in [6.07, 6.45) is -2.90. The van der Waals surface area contributed by atoms with E-state index in [2.05, 4.69) is 10.6 Å². The molecule has 0 aliphatic carbocycles. The molecule has 156 valence electrons. The number of halogens is 3. The fourth-order valence-electron chi connectivity index (χ4n) is 3.04. The Morgan fingerprint density at radius 2 is 1.83 bits per heavy atom. The number of carbonyl (C=O) groups excluding carboxylic acids is 2. The van der Waals surface area contributed by atoms with Gasteiger partial charge >= 0.3 is 12.2 Å². The maximum absolute atomic E-state index is 12.9. The standard InChI is InChI=1S/C19H21F3N4O3/c20-19(21,22)14-3-1-4-15(11-14)26-8-6-25(7-9-26)13-17(27)24-18(28)23-12-16-5-2-10-29-16/h1-5,10-11H,6-9,12-13H2,(H2,23,24,27,28). The van der Waals surface area contributed by atoms with E-state index in [1.165, 1.54) is 12.3 Å². The summed E-state index contributed by atoms with van der Waals surface area (Å²) in [5.74, 6) is 0.118. The number of piperazine rings is 1. The van der Waals surface area contributed by atoms with Crippen LogP contribution in [0.25, 0.3) is 0 Å². The minimum absolute atomic E-state index is 0.0323. The van der Waals surface area contributed by atoms with E-state index in [1.54, 1.807) is 18.2 Å². The lowest BCUT2D eigenvalue weighted by Gasteiger charge is -2.35. The summed E-state index contributed by atoms with van der Waals surface area (Å²) in [4.78, 5) is 27.4. The smallest absolute Gasteiger partial charge is 0.416 e. The van der Waals surface area contributed by atoms with Crippen LogP contribution in [0.2, 0.25) is 0 Å². The summed E-state index contributed by atoms with van der Waals surface area (Å²) in [6, 6.07) is 7.98. The molecule has 0 spiro atoms. The average Bonchev–Trinajstić information content (AvgIpc) is 3.20. The van der Waals surface area contributed by atoms with E-state index in [9.17, 15) is 22.8 Å². The Bertz CT molecular complexity index is 831. The Morgan fingerprint density at radius 1 is 1.07 bits per heavy atom. The van der Waals surface area contributed by atoms with E-state index in [4.69, 9.17) is 4.42 Å². The zero-order valence-electron chi connectivity index (χ0n) is 15.5. The van der Waals surface area contributed by atoms with E-state index >= 15 is 0 Å². The average molecular weight is 410 g/mol. The first-order valence-corrected chi connectivity index (χ1v) is 9.06. The van der Waals surface area contributed by atoms with Gasteiger partial charge in [-0.15, -0.1) is 0 Å². The number of benzene rings is 1. The summed E-state index contributed by atoms with van der Waals surface area (Å²) in [5.41, 5.74) is -0.182. The number of nitrogens with one attached hydrogen (secondary N) is 2. The van der Waals surface area contributed by atoms with Crippen molar-refractivity contribution < 1.29 is 27.2 Å². The van der Waals surface area contributed by atoms with Gasteiger partial charge < -0.3 is 14.6 Å². The number of carbonyl (C=O) groups is 2. The minimum Gasteiger partial charge on any atom is -0.467 e. The van der Waals surface area contributed by atoms with Crippen molar-refractivity contribution in [2.75, 3.05) is 37.6 Å². The number of hydrogen-bond acceptors (Lipinski definition) is 5. The lowest BCUT2D eigenvalue weighted by atomic mass is 10.1. The number of hydrogen-bond donors (Lipinski definition) is 2. The highest BCUT2D eigenvalue weighted by atomic mass is 19.4. The first kappa shape index (κ1) is 20.7. The second-order valence-corrected chi connectivity index (χ2v) is 6.62. The molecule has 10 heteroatoms. The summed E-state index contributed by atoms with van der Waals surface area (Å²) >= 11 is 0. The van der Waals surface area contributed by atoms with Gasteiger partial charge in [0.25, 0.3) is 0 Å². The second-order valence-electron chi connectivity index (χ2n) is 6.62. The maximum atomic E-state index is 12.9. The van der Waals surface area contributed by atoms with Crippen LogP contribution < -0.4 is 15.5 Å². The van der Waals surface area contributed by atoms with Crippen molar-refractivity contribution in [1.82, 2.24) is 15.5 Å². The van der Waals surface area contributed by atoms with Crippen molar-refractivity contribution >= 4 is 17.6 Å². The van der Waals surface area contributed by atoms with Crippen LogP contribution in [0.5, 0.6) is 0 Å². The molecule has 2 N–H and O–H groups in total. The first-order chi connectivity index (χ1) is 13.8. The van der Waals surface area contributed by atoms with Crippen LogP contribution in [0.1, 0.15) is 11.3 Å². The summed E-state index contributed by atoms with van der Waals surface area (Å²) < 4.78 is 43.7. The van der Waals surface area contributed by atoms with Crippen LogP contribution in [0.15, 0.2) is 47.1 Å². The minimum atomic E-state index is -4.38. The molecule has 7 nitrogen and oxygen atoms in total. The molecule has 1 aromatic carbocycles. The van der Waals surface area contributed by atoms with E-state index in [1.807, 2.05) is 9.80 Å². The molecule has 1 saturated heterocycles. The molecular weight excluding hydrogens is 389 g/mol. The lowest BCUT2D eigenvalue weighted by molar-refractivity contribution is -0.137. The second kappa shape index (κ2) is 8.99. The van der Waals surface area contributed by atoms with Crippen molar-refractivity contribution in [3.8, 4) is 0 Å². The molecule has 1 aromatic heterocycles. The van der Waals surface area contributed by atoms with Gasteiger partial charge in [-0.3, -0.25) is 15.0 Å². The number of nitrogens with zero attached hydrogens (tertiary/aromatic N) is 2. The van der Waals surface area contributed by atoms with Gasteiger partial charge in [0, 0.05) is 31.9 Å². The Balaban J connectivity index is 1.42. The maximum Gasteiger partial charge on any atom is 0.416 e. The van der Waals surface area contributed by atoms with E-state index in [-0.39, 0.29) is 13.1 Å². The highest BCUT2D eigenvalue weighted by Gasteiger charge is 2.31. The topological polar surface area (TPSA) is 77.8 Å². The number of rotatable bonds is 5. The summed E-state index contributed by atoms with van der Waals surface area (Å²) in [7, 11) is 0. The van der Waals surface area contributed by atoms with E-state index in [0.29, 0.717) is 37.6 Å². The van der Waals surface area contributed by atoms with Gasteiger partial charge in [-0.2, -0.15) is 13.2 Å². The Kier molecular flexibility index (Phi) is 6.42. The molecule has 0 radical (unpaired) electrons. The van der Waals surface area contributed by atoms with Gasteiger partial charge in [-0.05, 0) is 30.3 Å². The third-order valence-electron chi connectivity index (χ3n) is 4.53. The van der Waals surface area contributed by atoms with Crippen LogP contribution in [0, 0.1) is 0 Å². The highest BCUT2D eigenvalue weighted by molar-refractivity contribution is 5.95. The van der Waals surface area contributed by atoms with E-state index < -0.39 is 23.7 Å². The Labute approximate surface area is 165 Å². The van der Waals surface area contributed by atoms with Crippen molar-refractivity contribution in [3.05, 3.63) is 54.0 Å². The fourth-order valence-corrected chi connectivity index (χ4v) is 3.04. The Morgan fingerprint density at radius 3 is 2.48 bits per heavy atom. The molecule has 0 saturated carbocycles. The van der Waals surface area contributed by atoms with Crippen molar-refractivity contribution in [1.29, 1.82) is 0 Å². The van der Waals surface area contributed by atoms with Crippen LogP contribution in [-0.2, 0) is 17.5 Å². The molecule has 2 aromatic rings. The van der Waals surface area contributed by atoms with Gasteiger partial charge in [0.2, 0.25) is 5.91 Å². The van der Waals surface area contributed by atoms with Crippen LogP contribution in [0.3, 0.4) is 0 Å². The predicted molar refractivity (Wildman–Crippen MR) is 99.2 cm³/mol. The molecule has 0 atom stereocenters. The zero-order chi connectivity index (χ0) is 20.9. The van der Waals surface area contributed by atoms with Gasteiger partial charge in [0.15, 0.2) is 0 Å². The van der Waals surface area contributed by atoms with Crippen LogP contribution in [0.4, 0.5) is 23.7 Å². The number of furan rings is 1. The van der Waals surface area contributed by atoms with Crippen molar-refractivity contribution in [3.63, 3.8) is 0 Å². The highest BCUT2D eigenvalue weighted by Crippen LogP contribution is 2.31. The van der Waals surface area contributed by atoms with Gasteiger partial charge in [0.1, 0.15) is 5.76 Å². The van der Waals surface area contributed by atoms with Crippen molar-refractivity contribution in [2.24, 2.45) is 0 Å². The largest absolute Gasteiger partial charge is 0.467 e. The molecule has 1 aliphatic rings. The third-order valence-corrected chi connectivity index (χ3v) is 4.53. The number of alkyl halides is 3. The summed E-state index contributed by atoms with van der Waals surface area (Å²) in [6.45, 7) is 2.17. The van der Waals surface area contributed by atoms with Crippen molar-refractivity contribution in [2.45, 2.75) is 12.7 Å². The van der Waals surface area contributed by atoms with Crippen LogP contribution >= 0.6 is 0 Å². The fraction of sp³-hybridized carbons (Fsp3) is 0.368. The first-order valence-electron chi connectivity index (χ1n) is 9.06. The monoisotopic (exact) mass is 410 g/mol. The van der Waals surface area contributed by atoms with Gasteiger partial charge in [0.05, 0.1) is 24.9 Å². The Hall–Kier alpha value is -3.01. The molecule has 0 unspecified atom stereocenters. The molecule has 2 heterocycles. The zero-order valence-corrected chi connectivity index (χ0v) is 15.5. The van der Waals surface area contributed by atoms with E-state index in [0.717, 1.165) is 12.1 Å². The van der Waals surface area contributed by atoms with Crippen LogP contribution in [-0.4, -0.2) is 49.6 Å². The number of imide groups is 1. The number of anilines is 1. The molecule has 3 rings (SSSR count). The predicted octanol–water partition coefficient (Wildman–Crippen LogP) is 2.45. The van der Waals surface area contributed by atoms with Gasteiger partial charge in [-0.25, -0.2) is 4.79 Å². The SMILES string of the molecule is O=C(CN1CCN(c2cccc(C(F)(F)F)c2)CC1)NC(=O)NCc1ccco1. The molecule has 3 amide bonds. The molecule has 1 aliphatic heterocycles. The normalized spacial score (nSPS) is 15.2. The van der Waals surface area contributed by atoms with Gasteiger partial charge in [-0.1, -0.05) is 6.07 Å². The quantitative estimate of drug-likeness (QED) is 0.792. The molecule has 29 heavy (non-hydrogen) atoms. The third kappa shape index (κ3) is 5.98. The summed E-state index contributed by atoms with van der Waals surface area (Å²) in [5, 5.41) is 4.76. The lowest BCUT2D eigenvalue weighted by Crippen LogP contribution is -2.51. The number of urea groups is 1. The molecule has 1 fully saturated rings. The molecule has 0 bridgehead atoms. The number of amides is 3. The molecular formula is C19H21F3N4O3.